The van der Waals surface area contributed by atoms with Gasteiger partial charge < -0.3 is 0 Å². The highest BCUT2D eigenvalue weighted by Crippen LogP contribution is 2.26. The van der Waals surface area contributed by atoms with Crippen LogP contribution in [0.5, 0.6) is 0 Å². The normalized spacial score (nSPS) is 11.1. The van der Waals surface area contributed by atoms with Gasteiger partial charge in [-0.2, -0.15) is 0 Å². The molecule has 0 amide bonds. The monoisotopic (exact) mass is 334 g/mol. The van der Waals surface area contributed by atoms with E-state index in [1.807, 2.05) is 18.2 Å². The third kappa shape index (κ3) is 2.50. The zero-order valence-corrected chi connectivity index (χ0v) is 12.6. The Bertz CT molecular complexity index is 711. The molecule has 0 aliphatic carbocycles. The lowest BCUT2D eigenvalue weighted by molar-refractivity contribution is 0.964. The summed E-state index contributed by atoms with van der Waals surface area (Å²) in [6.07, 6.45) is 3.50. The fourth-order valence-corrected chi connectivity index (χ4v) is 3.46. The molecule has 96 valence electrons. The van der Waals surface area contributed by atoms with Gasteiger partial charge in [-0.25, -0.2) is 15.0 Å². The molecule has 0 unspecified atom stereocenters. The first-order chi connectivity index (χ1) is 9.25. The quantitative estimate of drug-likeness (QED) is 0.543. The minimum Gasteiger partial charge on any atom is -0.291 e. The average molecular weight is 335 g/mol. The molecule has 6 heteroatoms. The predicted octanol–water partition coefficient (Wildman–Crippen LogP) is 3.49. The molecular formula is C13H11BrN4S. The van der Waals surface area contributed by atoms with Gasteiger partial charge in [0.15, 0.2) is 5.16 Å². The van der Waals surface area contributed by atoms with E-state index in [0.717, 1.165) is 32.5 Å². The van der Waals surface area contributed by atoms with Gasteiger partial charge in [-0.1, -0.05) is 17.8 Å². The van der Waals surface area contributed by atoms with Crippen LogP contribution in [-0.4, -0.2) is 19.4 Å². The van der Waals surface area contributed by atoms with Crippen molar-refractivity contribution < 1.29 is 0 Å². The number of hydrogen-bond acceptors (Lipinski definition) is 4. The Morgan fingerprint density at radius 1 is 1.21 bits per heavy atom. The van der Waals surface area contributed by atoms with E-state index in [2.05, 4.69) is 48.3 Å². The summed E-state index contributed by atoms with van der Waals surface area (Å²) in [4.78, 5) is 13.0. The van der Waals surface area contributed by atoms with E-state index >= 15 is 0 Å². The van der Waals surface area contributed by atoms with Crippen molar-refractivity contribution in [3.63, 3.8) is 0 Å². The highest BCUT2D eigenvalue weighted by Gasteiger charge is 2.11. The number of halogens is 1. The third-order valence-corrected chi connectivity index (χ3v) is 4.43. The minimum absolute atomic E-state index is 0.742. The van der Waals surface area contributed by atoms with Crippen molar-refractivity contribution in [2.45, 2.75) is 17.8 Å². The molecule has 3 heterocycles. The number of imidazole rings is 1. The van der Waals surface area contributed by atoms with Gasteiger partial charge in [0.05, 0.1) is 5.69 Å². The molecule has 0 radical (unpaired) electrons. The lowest BCUT2D eigenvalue weighted by Crippen LogP contribution is -1.90. The summed E-state index contributed by atoms with van der Waals surface area (Å²) in [5.74, 6) is 0.742. The van der Waals surface area contributed by atoms with Gasteiger partial charge in [0.1, 0.15) is 10.3 Å². The van der Waals surface area contributed by atoms with E-state index in [1.165, 1.54) is 0 Å². The molecule has 0 fully saturated rings. The van der Waals surface area contributed by atoms with Crippen LogP contribution in [0, 0.1) is 6.92 Å². The Balaban J connectivity index is 1.90. The lowest BCUT2D eigenvalue weighted by atomic mass is 10.4. The molecule has 0 saturated heterocycles. The summed E-state index contributed by atoms with van der Waals surface area (Å²) in [7, 11) is 0. The molecule has 4 nitrogen and oxygen atoms in total. The highest BCUT2D eigenvalue weighted by atomic mass is 79.9. The molecule has 0 aromatic carbocycles. The molecule has 0 aliphatic heterocycles. The van der Waals surface area contributed by atoms with Crippen LogP contribution in [0.4, 0.5) is 0 Å². The molecule has 0 aliphatic rings. The van der Waals surface area contributed by atoms with Gasteiger partial charge in [0.25, 0.3) is 0 Å². The van der Waals surface area contributed by atoms with Gasteiger partial charge in [-0.15, -0.1) is 0 Å². The van der Waals surface area contributed by atoms with Crippen molar-refractivity contribution in [3.05, 3.63) is 52.7 Å². The summed E-state index contributed by atoms with van der Waals surface area (Å²) >= 11 is 5.20. The van der Waals surface area contributed by atoms with Crippen molar-refractivity contribution in [2.24, 2.45) is 0 Å². The Morgan fingerprint density at radius 3 is 2.74 bits per heavy atom. The maximum Gasteiger partial charge on any atom is 0.187 e. The number of aryl methyl sites for hydroxylation is 1. The van der Waals surface area contributed by atoms with Gasteiger partial charge in [0, 0.05) is 23.8 Å². The average Bonchev–Trinajstić information content (AvgIpc) is 2.76. The molecule has 0 spiro atoms. The third-order valence-electron chi connectivity index (χ3n) is 2.73. The maximum atomic E-state index is 4.63. The van der Waals surface area contributed by atoms with Crippen molar-refractivity contribution >= 4 is 33.3 Å². The molecule has 3 aromatic heterocycles. The van der Waals surface area contributed by atoms with Crippen LogP contribution in [0.25, 0.3) is 5.65 Å². The second kappa shape index (κ2) is 5.30. The van der Waals surface area contributed by atoms with E-state index < -0.39 is 0 Å². The van der Waals surface area contributed by atoms with Crippen molar-refractivity contribution in [1.29, 1.82) is 0 Å². The highest BCUT2D eigenvalue weighted by molar-refractivity contribution is 9.10. The summed E-state index contributed by atoms with van der Waals surface area (Å²) in [6, 6.07) is 7.90. The van der Waals surface area contributed by atoms with Crippen LogP contribution in [-0.2, 0) is 5.75 Å². The SMILES string of the molecule is Cc1cccc2nc(CSc3ncccn3)c(Br)n12. The standard InChI is InChI=1S/C13H11BrN4S/c1-9-4-2-5-11-17-10(12(14)18(9)11)8-19-13-15-6-3-7-16-13/h2-7H,8H2,1H3. The first-order valence-corrected chi connectivity index (χ1v) is 7.56. The van der Waals surface area contributed by atoms with Crippen molar-refractivity contribution in [3.8, 4) is 0 Å². The van der Waals surface area contributed by atoms with Gasteiger partial charge in [-0.05, 0) is 41.1 Å². The number of aromatic nitrogens is 4. The fraction of sp³-hybridized carbons (Fsp3) is 0.154. The summed E-state index contributed by atoms with van der Waals surface area (Å²) in [5, 5.41) is 0.767. The molecule has 3 rings (SSSR count). The Morgan fingerprint density at radius 2 is 2.00 bits per heavy atom. The van der Waals surface area contributed by atoms with E-state index in [1.54, 1.807) is 24.2 Å². The second-order valence-electron chi connectivity index (χ2n) is 4.03. The smallest absolute Gasteiger partial charge is 0.187 e. The number of thioether (sulfide) groups is 1. The molecule has 3 aromatic rings. The summed E-state index contributed by atoms with van der Waals surface area (Å²) in [6.45, 7) is 2.07. The first-order valence-electron chi connectivity index (χ1n) is 5.78. The predicted molar refractivity (Wildman–Crippen MR) is 79.2 cm³/mol. The Labute approximate surface area is 123 Å². The van der Waals surface area contributed by atoms with Crippen LogP contribution in [0.2, 0.25) is 0 Å². The van der Waals surface area contributed by atoms with Crippen LogP contribution < -0.4 is 0 Å². The number of rotatable bonds is 3. The first kappa shape index (κ1) is 12.6. The summed E-state index contributed by atoms with van der Waals surface area (Å²) in [5.41, 5.74) is 3.12. The Hall–Kier alpha value is -1.40. The second-order valence-corrected chi connectivity index (χ2v) is 5.72. The molecular weight excluding hydrogens is 324 g/mol. The zero-order chi connectivity index (χ0) is 13.2. The number of nitrogens with zero attached hydrogens (tertiary/aromatic N) is 4. The fourth-order valence-electron chi connectivity index (χ4n) is 1.84. The lowest BCUT2D eigenvalue weighted by Gasteiger charge is -2.00. The number of pyridine rings is 1. The van der Waals surface area contributed by atoms with Crippen molar-refractivity contribution in [2.75, 3.05) is 0 Å². The molecule has 0 saturated carbocycles. The molecule has 0 bridgehead atoms. The summed E-state index contributed by atoms with van der Waals surface area (Å²) < 4.78 is 3.10. The topological polar surface area (TPSA) is 43.1 Å². The number of hydrogen-bond donors (Lipinski definition) is 0. The number of fused-ring (bicyclic) bond motifs is 1. The van der Waals surface area contributed by atoms with E-state index in [4.69, 9.17) is 0 Å². The van der Waals surface area contributed by atoms with E-state index in [0.29, 0.717) is 0 Å². The van der Waals surface area contributed by atoms with Gasteiger partial charge in [0.2, 0.25) is 0 Å². The van der Waals surface area contributed by atoms with Crippen LogP contribution in [0.3, 0.4) is 0 Å². The molecule has 19 heavy (non-hydrogen) atoms. The van der Waals surface area contributed by atoms with E-state index in [-0.39, 0.29) is 0 Å². The maximum absolute atomic E-state index is 4.63. The Kier molecular flexibility index (Phi) is 3.52. The molecule has 0 N–H and O–H groups in total. The van der Waals surface area contributed by atoms with Gasteiger partial charge >= 0.3 is 0 Å². The van der Waals surface area contributed by atoms with Crippen molar-refractivity contribution in [1.82, 2.24) is 19.4 Å². The largest absolute Gasteiger partial charge is 0.291 e. The minimum atomic E-state index is 0.742. The van der Waals surface area contributed by atoms with E-state index in [9.17, 15) is 0 Å². The van der Waals surface area contributed by atoms with Gasteiger partial charge in [-0.3, -0.25) is 4.40 Å². The van der Waals surface area contributed by atoms with Crippen LogP contribution in [0.15, 0.2) is 46.4 Å². The van der Waals surface area contributed by atoms with Crippen LogP contribution in [0.1, 0.15) is 11.4 Å². The molecule has 0 atom stereocenters. The van der Waals surface area contributed by atoms with Crippen LogP contribution >= 0.6 is 27.7 Å². The zero-order valence-electron chi connectivity index (χ0n) is 10.2.